The van der Waals surface area contributed by atoms with Crippen LogP contribution in [0.3, 0.4) is 0 Å². The molecule has 1 aromatic carbocycles. The van der Waals surface area contributed by atoms with Crippen LogP contribution < -0.4 is 5.32 Å². The fourth-order valence-electron chi connectivity index (χ4n) is 1.72. The molecule has 5 nitrogen and oxygen atoms in total. The van der Waals surface area contributed by atoms with Gasteiger partial charge in [-0.2, -0.15) is 0 Å². The first-order chi connectivity index (χ1) is 9.45. The van der Waals surface area contributed by atoms with Crippen LogP contribution in [-0.2, 0) is 9.63 Å². The van der Waals surface area contributed by atoms with Crippen LogP contribution in [0.4, 0.5) is 5.69 Å². The van der Waals surface area contributed by atoms with Crippen molar-refractivity contribution in [3.05, 3.63) is 29.8 Å². The third-order valence-electron chi connectivity index (χ3n) is 2.68. The maximum atomic E-state index is 10.5. The minimum absolute atomic E-state index is 0.349. The Morgan fingerprint density at radius 1 is 1.45 bits per heavy atom. The molecule has 0 heterocycles. The fourth-order valence-corrected chi connectivity index (χ4v) is 2.01. The summed E-state index contributed by atoms with van der Waals surface area (Å²) in [5.74, 6) is -0.676. The molecule has 0 aromatic heterocycles. The van der Waals surface area contributed by atoms with E-state index < -0.39 is 12.6 Å². The number of para-hydroxylation sites is 1. The van der Waals surface area contributed by atoms with Crippen LogP contribution in [-0.4, -0.2) is 34.4 Å². The van der Waals surface area contributed by atoms with E-state index in [1.165, 1.54) is 5.06 Å². The molecular weight excluding hydrogens is 276 g/mol. The number of rotatable bonds is 6. The summed E-state index contributed by atoms with van der Waals surface area (Å²) in [6.45, 7) is 6.08. The van der Waals surface area contributed by atoms with Crippen LogP contribution in [0.2, 0.25) is 0 Å². The van der Waals surface area contributed by atoms with Crippen molar-refractivity contribution in [1.29, 1.82) is 0 Å². The van der Waals surface area contributed by atoms with Crippen LogP contribution in [0.1, 0.15) is 32.3 Å². The summed E-state index contributed by atoms with van der Waals surface area (Å²) in [4.78, 5) is 15.6. The van der Waals surface area contributed by atoms with Crippen LogP contribution in [0.25, 0.3) is 0 Å². The monoisotopic (exact) mass is 296 g/mol. The minimum atomic E-state index is -1.03. The predicted octanol–water partition coefficient (Wildman–Crippen LogP) is 2.84. The minimum Gasteiger partial charge on any atom is -0.479 e. The topological polar surface area (TPSA) is 61.8 Å². The molecule has 1 rings (SSSR count). The Morgan fingerprint density at radius 2 is 2.10 bits per heavy atom. The van der Waals surface area contributed by atoms with Crippen molar-refractivity contribution in [3.8, 4) is 0 Å². The molecular formula is C14H20N2O3S. The molecule has 0 spiro atoms. The molecule has 0 aliphatic rings. The van der Waals surface area contributed by atoms with Crippen molar-refractivity contribution < 1.29 is 14.7 Å². The first-order valence-electron chi connectivity index (χ1n) is 6.47. The predicted molar refractivity (Wildman–Crippen MR) is 82.7 cm³/mol. The van der Waals surface area contributed by atoms with E-state index in [1.807, 2.05) is 31.2 Å². The number of hydrogen-bond donors (Lipinski definition) is 2. The second kappa shape index (κ2) is 7.81. The van der Waals surface area contributed by atoms with E-state index in [4.69, 9.17) is 22.2 Å². The Bertz CT molecular complexity index is 477. The Morgan fingerprint density at radius 3 is 2.65 bits per heavy atom. The molecule has 1 aromatic rings. The normalized spacial score (nSPS) is 10.4. The van der Waals surface area contributed by atoms with Gasteiger partial charge in [0.15, 0.2) is 11.7 Å². The van der Waals surface area contributed by atoms with Crippen molar-refractivity contribution >= 4 is 29.0 Å². The highest BCUT2D eigenvalue weighted by Gasteiger charge is 2.13. The number of nitrogens with one attached hydrogen (secondary N) is 1. The van der Waals surface area contributed by atoms with Gasteiger partial charge in [-0.15, -0.1) is 0 Å². The standard InChI is InChI=1S/C14H20N2O3S/c1-4-16(19-9-13(17)18)14(20)15-12-8-6-5-7-11(12)10(2)3/h5-8,10H,4,9H2,1-3H3,(H,15,20)(H,17,18). The molecule has 6 heteroatoms. The van der Waals surface area contributed by atoms with Crippen LogP contribution in [0.15, 0.2) is 24.3 Å². The fraction of sp³-hybridized carbons (Fsp3) is 0.429. The molecule has 0 bridgehead atoms. The lowest BCUT2D eigenvalue weighted by atomic mass is 10.0. The average Bonchev–Trinajstić information content (AvgIpc) is 2.39. The number of nitrogens with zero attached hydrogens (tertiary/aromatic N) is 1. The molecule has 0 aliphatic heterocycles. The first-order valence-corrected chi connectivity index (χ1v) is 6.88. The number of carboxylic acid groups (broad SMARTS) is 1. The van der Waals surface area contributed by atoms with Crippen LogP contribution in [0, 0.1) is 0 Å². The van der Waals surface area contributed by atoms with Gasteiger partial charge in [-0.1, -0.05) is 32.0 Å². The molecule has 2 N–H and O–H groups in total. The summed E-state index contributed by atoms with van der Waals surface area (Å²) >= 11 is 5.25. The number of hydrogen-bond acceptors (Lipinski definition) is 3. The van der Waals surface area contributed by atoms with E-state index in [0.717, 1.165) is 11.3 Å². The molecule has 0 saturated carbocycles. The van der Waals surface area contributed by atoms with E-state index in [1.54, 1.807) is 0 Å². The lowest BCUT2D eigenvalue weighted by molar-refractivity contribution is -0.158. The van der Waals surface area contributed by atoms with E-state index in [-0.39, 0.29) is 0 Å². The molecule has 0 saturated heterocycles. The number of aliphatic carboxylic acids is 1. The van der Waals surface area contributed by atoms with Gasteiger partial charge in [-0.25, -0.2) is 9.86 Å². The van der Waals surface area contributed by atoms with E-state index >= 15 is 0 Å². The third-order valence-corrected chi connectivity index (χ3v) is 2.99. The Kier molecular flexibility index (Phi) is 6.41. The lowest BCUT2D eigenvalue weighted by Gasteiger charge is -2.24. The van der Waals surface area contributed by atoms with Gasteiger partial charge in [0.2, 0.25) is 0 Å². The summed E-state index contributed by atoms with van der Waals surface area (Å²) < 4.78 is 0. The lowest BCUT2D eigenvalue weighted by Crippen LogP contribution is -2.36. The highest BCUT2D eigenvalue weighted by molar-refractivity contribution is 7.80. The van der Waals surface area contributed by atoms with Gasteiger partial charge in [0.1, 0.15) is 0 Å². The third kappa shape index (κ3) is 4.79. The van der Waals surface area contributed by atoms with Gasteiger partial charge >= 0.3 is 5.97 Å². The van der Waals surface area contributed by atoms with Crippen LogP contribution in [0.5, 0.6) is 0 Å². The Hall–Kier alpha value is -1.66. The summed E-state index contributed by atoms with van der Waals surface area (Å²) in [7, 11) is 0. The number of anilines is 1. The Labute approximate surface area is 124 Å². The zero-order valence-corrected chi connectivity index (χ0v) is 12.7. The maximum Gasteiger partial charge on any atom is 0.332 e. The van der Waals surface area contributed by atoms with Crippen molar-refractivity contribution in [1.82, 2.24) is 5.06 Å². The van der Waals surface area contributed by atoms with Gasteiger partial charge in [-0.05, 0) is 36.7 Å². The summed E-state index contributed by atoms with van der Waals surface area (Å²) in [6.07, 6.45) is 0. The molecule has 0 unspecified atom stereocenters. The van der Waals surface area contributed by atoms with E-state index in [2.05, 4.69) is 19.2 Å². The quantitative estimate of drug-likeness (QED) is 0.622. The zero-order valence-electron chi connectivity index (χ0n) is 11.9. The molecule has 110 valence electrons. The Balaban J connectivity index is 2.76. The molecule has 0 amide bonds. The number of thiocarbonyl (C=S) groups is 1. The second-order valence-corrected chi connectivity index (χ2v) is 4.92. The van der Waals surface area contributed by atoms with Gasteiger partial charge in [0.05, 0.1) is 0 Å². The van der Waals surface area contributed by atoms with Crippen LogP contribution >= 0.6 is 12.2 Å². The molecule has 0 atom stereocenters. The molecule has 0 aliphatic carbocycles. The smallest absolute Gasteiger partial charge is 0.332 e. The molecule has 0 fully saturated rings. The first kappa shape index (κ1) is 16.4. The maximum absolute atomic E-state index is 10.5. The van der Waals surface area contributed by atoms with Crippen molar-refractivity contribution in [3.63, 3.8) is 0 Å². The summed E-state index contributed by atoms with van der Waals surface area (Å²) in [5, 5.41) is 13.4. The van der Waals surface area contributed by atoms with E-state index in [9.17, 15) is 4.79 Å². The SMILES string of the molecule is CCN(OCC(=O)O)C(=S)Nc1ccccc1C(C)C. The average molecular weight is 296 g/mol. The summed E-state index contributed by atoms with van der Waals surface area (Å²) in [5.41, 5.74) is 2.05. The highest BCUT2D eigenvalue weighted by Crippen LogP contribution is 2.23. The summed E-state index contributed by atoms with van der Waals surface area (Å²) in [6, 6.07) is 7.87. The largest absolute Gasteiger partial charge is 0.479 e. The van der Waals surface area contributed by atoms with Gasteiger partial charge in [0.25, 0.3) is 0 Å². The van der Waals surface area contributed by atoms with Gasteiger partial charge < -0.3 is 10.4 Å². The number of carboxylic acids is 1. The number of hydroxylamine groups is 2. The molecule has 20 heavy (non-hydrogen) atoms. The number of carbonyl (C=O) groups is 1. The molecule has 0 radical (unpaired) electrons. The number of benzene rings is 1. The van der Waals surface area contributed by atoms with Gasteiger partial charge in [-0.3, -0.25) is 4.84 Å². The van der Waals surface area contributed by atoms with Crippen molar-refractivity contribution in [2.24, 2.45) is 0 Å². The zero-order chi connectivity index (χ0) is 15.1. The second-order valence-electron chi connectivity index (χ2n) is 4.53. The highest BCUT2D eigenvalue weighted by atomic mass is 32.1. The van der Waals surface area contributed by atoms with Gasteiger partial charge in [0, 0.05) is 12.2 Å². The van der Waals surface area contributed by atoms with E-state index in [0.29, 0.717) is 17.6 Å². The van der Waals surface area contributed by atoms with Crippen molar-refractivity contribution in [2.45, 2.75) is 26.7 Å². The van der Waals surface area contributed by atoms with Crippen molar-refractivity contribution in [2.75, 3.05) is 18.5 Å².